The normalized spacial score (nSPS) is 15.0. The van der Waals surface area contributed by atoms with Gasteiger partial charge in [-0.2, -0.15) is 4.31 Å². The van der Waals surface area contributed by atoms with E-state index in [0.717, 1.165) is 26.5 Å². The number of esters is 1. The van der Waals surface area contributed by atoms with Crippen LogP contribution < -0.4 is 4.74 Å². The summed E-state index contributed by atoms with van der Waals surface area (Å²) in [5, 5.41) is 0.991. The van der Waals surface area contributed by atoms with Crippen molar-refractivity contribution in [3.05, 3.63) is 65.9 Å². The van der Waals surface area contributed by atoms with Gasteiger partial charge >= 0.3 is 12.1 Å². The number of rotatable bonds is 8. The minimum atomic E-state index is -4.03. The summed E-state index contributed by atoms with van der Waals surface area (Å²) in [6.45, 7) is 7.44. The Morgan fingerprint density at radius 2 is 1.73 bits per heavy atom. The van der Waals surface area contributed by atoms with Gasteiger partial charge in [0.15, 0.2) is 0 Å². The Balaban J connectivity index is 1.49. The molecular formula is C29H35N3O7S. The number of carbonyl (C=O) groups excluding carboxylic acids is 2. The standard InChI is InChI=1S/C29H35N3O7S/c1-20-15-21(24-9-7-8-10-25(24)30-20)17-38-22-11-13-23(14-12-22)40(35,36)31(5)29(16-26(33)37-6)18-32(19-29)27(34)39-28(2,3)4/h7-15H,16-19H2,1-6H3. The third kappa shape index (κ3) is 6.20. The predicted octanol–water partition coefficient (Wildman–Crippen LogP) is 4.30. The average Bonchev–Trinajstić information content (AvgIpc) is 2.87. The quantitative estimate of drug-likeness (QED) is 0.369. The minimum absolute atomic E-state index is 0.00670. The number of likely N-dealkylation sites (N-methyl/N-ethyl adjacent to an activating group) is 1. The van der Waals surface area contributed by atoms with Gasteiger partial charge < -0.3 is 19.1 Å². The number of amides is 1. The van der Waals surface area contributed by atoms with Crippen LogP contribution in [0.1, 0.15) is 38.4 Å². The Hall–Kier alpha value is -3.70. The lowest BCUT2D eigenvalue weighted by Crippen LogP contribution is -2.72. The highest BCUT2D eigenvalue weighted by atomic mass is 32.2. The van der Waals surface area contributed by atoms with E-state index in [1.54, 1.807) is 32.9 Å². The topological polar surface area (TPSA) is 115 Å². The number of methoxy groups -OCH3 is 1. The number of likely N-dealkylation sites (tertiary alicyclic amines) is 1. The third-order valence-corrected chi connectivity index (χ3v) is 8.77. The van der Waals surface area contributed by atoms with Crippen molar-refractivity contribution < 1.29 is 32.2 Å². The molecule has 1 aromatic heterocycles. The molecule has 0 atom stereocenters. The lowest BCUT2D eigenvalue weighted by molar-refractivity contribution is -0.146. The van der Waals surface area contributed by atoms with E-state index >= 15 is 0 Å². The fourth-order valence-electron chi connectivity index (χ4n) is 4.68. The summed E-state index contributed by atoms with van der Waals surface area (Å²) in [6, 6.07) is 15.9. The number of carbonyl (C=O) groups is 2. The molecule has 10 nitrogen and oxygen atoms in total. The van der Waals surface area contributed by atoms with Gasteiger partial charge in [-0.3, -0.25) is 9.78 Å². The van der Waals surface area contributed by atoms with Crippen LogP contribution in [0, 0.1) is 6.92 Å². The minimum Gasteiger partial charge on any atom is -0.489 e. The number of fused-ring (bicyclic) bond motifs is 1. The van der Waals surface area contributed by atoms with Crippen molar-refractivity contribution in [1.82, 2.24) is 14.2 Å². The highest BCUT2D eigenvalue weighted by Crippen LogP contribution is 2.36. The zero-order chi connectivity index (χ0) is 29.3. The fraction of sp³-hybridized carbons (Fsp3) is 0.414. The summed E-state index contributed by atoms with van der Waals surface area (Å²) in [4.78, 5) is 30.7. The molecule has 2 heterocycles. The Kier molecular flexibility index (Phi) is 8.09. The van der Waals surface area contributed by atoms with Gasteiger partial charge in [0.1, 0.15) is 18.0 Å². The summed E-state index contributed by atoms with van der Waals surface area (Å²) in [7, 11) is -1.38. The Morgan fingerprint density at radius 3 is 2.35 bits per heavy atom. The van der Waals surface area contributed by atoms with Gasteiger partial charge in [0.2, 0.25) is 10.0 Å². The van der Waals surface area contributed by atoms with E-state index in [4.69, 9.17) is 14.2 Å². The number of hydrogen-bond acceptors (Lipinski definition) is 8. The second kappa shape index (κ2) is 11.1. The van der Waals surface area contributed by atoms with Crippen molar-refractivity contribution in [2.75, 3.05) is 27.2 Å². The molecule has 214 valence electrons. The van der Waals surface area contributed by atoms with Gasteiger partial charge in [-0.05, 0) is 64.1 Å². The molecule has 1 aliphatic heterocycles. The first-order chi connectivity index (χ1) is 18.7. The maximum Gasteiger partial charge on any atom is 0.410 e. The van der Waals surface area contributed by atoms with E-state index in [-0.39, 0.29) is 24.4 Å². The van der Waals surface area contributed by atoms with Gasteiger partial charge in [-0.1, -0.05) is 18.2 Å². The fourth-order valence-corrected chi connectivity index (χ4v) is 6.17. The molecule has 3 aromatic rings. The number of aryl methyl sites for hydroxylation is 1. The van der Waals surface area contributed by atoms with Crippen LogP contribution in [-0.4, -0.2) is 73.1 Å². The van der Waals surface area contributed by atoms with E-state index in [2.05, 4.69) is 4.98 Å². The van der Waals surface area contributed by atoms with Crippen LogP contribution in [0.3, 0.4) is 0 Å². The first-order valence-corrected chi connectivity index (χ1v) is 14.3. The number of hydrogen-bond donors (Lipinski definition) is 0. The molecule has 1 amide bonds. The summed E-state index contributed by atoms with van der Waals surface area (Å²) in [5.74, 6) is -0.0716. The van der Waals surface area contributed by atoms with Crippen LogP contribution >= 0.6 is 0 Å². The van der Waals surface area contributed by atoms with Crippen LogP contribution in [0.25, 0.3) is 10.9 Å². The monoisotopic (exact) mass is 569 g/mol. The van der Waals surface area contributed by atoms with Crippen LogP contribution in [-0.2, 0) is 30.9 Å². The molecule has 4 rings (SSSR count). The number of benzene rings is 2. The molecule has 0 radical (unpaired) electrons. The van der Waals surface area contributed by atoms with Crippen molar-refractivity contribution in [1.29, 1.82) is 0 Å². The van der Waals surface area contributed by atoms with E-state index in [9.17, 15) is 18.0 Å². The van der Waals surface area contributed by atoms with Gasteiger partial charge in [0.05, 0.1) is 29.5 Å². The molecule has 1 aliphatic rings. The van der Waals surface area contributed by atoms with Crippen molar-refractivity contribution in [2.24, 2.45) is 0 Å². The number of nitrogens with zero attached hydrogens (tertiary/aromatic N) is 3. The summed E-state index contributed by atoms with van der Waals surface area (Å²) >= 11 is 0. The molecule has 0 unspecified atom stereocenters. The number of pyridine rings is 1. The largest absolute Gasteiger partial charge is 0.489 e. The molecule has 2 aromatic carbocycles. The van der Waals surface area contributed by atoms with E-state index in [1.807, 2.05) is 37.3 Å². The van der Waals surface area contributed by atoms with Crippen LogP contribution in [0.5, 0.6) is 5.75 Å². The van der Waals surface area contributed by atoms with Gasteiger partial charge in [0, 0.05) is 36.8 Å². The first-order valence-electron chi connectivity index (χ1n) is 12.9. The zero-order valence-corrected chi connectivity index (χ0v) is 24.4. The zero-order valence-electron chi connectivity index (χ0n) is 23.6. The average molecular weight is 570 g/mol. The molecule has 1 saturated heterocycles. The van der Waals surface area contributed by atoms with Gasteiger partial charge in [0.25, 0.3) is 0 Å². The van der Waals surface area contributed by atoms with Crippen LogP contribution in [0.2, 0.25) is 0 Å². The van der Waals surface area contributed by atoms with E-state index in [1.165, 1.54) is 31.2 Å². The summed E-state index contributed by atoms with van der Waals surface area (Å²) in [5.41, 5.74) is 0.863. The SMILES string of the molecule is COC(=O)CC1(N(C)S(=O)(=O)c2ccc(OCc3cc(C)nc4ccccc34)cc2)CN(C(=O)OC(C)(C)C)C1. The second-order valence-corrected chi connectivity index (χ2v) is 13.0. The molecular weight excluding hydrogens is 534 g/mol. The lowest BCUT2D eigenvalue weighted by Gasteiger charge is -2.53. The van der Waals surface area contributed by atoms with Crippen LogP contribution in [0.4, 0.5) is 4.79 Å². The maximum absolute atomic E-state index is 13.6. The molecule has 1 fully saturated rings. The Bertz CT molecular complexity index is 1510. The van der Waals surface area contributed by atoms with Gasteiger partial charge in [-0.25, -0.2) is 13.2 Å². The molecule has 11 heteroatoms. The summed E-state index contributed by atoms with van der Waals surface area (Å²) in [6.07, 6.45) is -0.781. The highest BCUT2D eigenvalue weighted by Gasteiger charge is 2.54. The maximum atomic E-state index is 13.6. The number of para-hydroxylation sites is 1. The highest BCUT2D eigenvalue weighted by molar-refractivity contribution is 7.89. The molecule has 0 saturated carbocycles. The predicted molar refractivity (Wildman–Crippen MR) is 149 cm³/mol. The van der Waals surface area contributed by atoms with Crippen molar-refractivity contribution in [3.63, 3.8) is 0 Å². The first kappa shape index (κ1) is 29.3. The van der Waals surface area contributed by atoms with Crippen molar-refractivity contribution in [2.45, 2.75) is 56.8 Å². The molecule has 40 heavy (non-hydrogen) atoms. The number of sulfonamides is 1. The van der Waals surface area contributed by atoms with Crippen molar-refractivity contribution >= 4 is 33.0 Å². The Morgan fingerprint density at radius 1 is 1.07 bits per heavy atom. The molecule has 0 N–H and O–H groups in total. The van der Waals surface area contributed by atoms with E-state index < -0.39 is 33.2 Å². The molecule has 0 bridgehead atoms. The van der Waals surface area contributed by atoms with E-state index in [0.29, 0.717) is 12.4 Å². The lowest BCUT2D eigenvalue weighted by atomic mass is 9.86. The smallest absolute Gasteiger partial charge is 0.410 e. The van der Waals surface area contributed by atoms with Crippen LogP contribution in [0.15, 0.2) is 59.5 Å². The Labute approximate surface area is 234 Å². The number of aromatic nitrogens is 1. The van der Waals surface area contributed by atoms with Crippen molar-refractivity contribution in [3.8, 4) is 5.75 Å². The van der Waals surface area contributed by atoms with Gasteiger partial charge in [-0.15, -0.1) is 0 Å². The molecule has 0 spiro atoms. The molecule has 0 aliphatic carbocycles. The third-order valence-electron chi connectivity index (χ3n) is 6.80. The second-order valence-electron chi connectivity index (χ2n) is 11.0. The summed E-state index contributed by atoms with van der Waals surface area (Å²) < 4.78 is 44.6. The number of ether oxygens (including phenoxy) is 3.